The molecule has 1 atom stereocenters. The van der Waals surface area contributed by atoms with Crippen LogP contribution in [-0.2, 0) is 20.7 Å². The van der Waals surface area contributed by atoms with Crippen LogP contribution in [0.2, 0.25) is 5.02 Å². The van der Waals surface area contributed by atoms with Crippen LogP contribution >= 0.6 is 11.6 Å². The van der Waals surface area contributed by atoms with Crippen LogP contribution in [0.5, 0.6) is 0 Å². The molecule has 21 heavy (non-hydrogen) atoms. The largest absolute Gasteiger partial charge is 0.465 e. The van der Waals surface area contributed by atoms with Crippen LogP contribution in [0.1, 0.15) is 25.8 Å². The van der Waals surface area contributed by atoms with E-state index in [2.05, 4.69) is 10.0 Å². The van der Waals surface area contributed by atoms with Crippen LogP contribution in [0.3, 0.4) is 0 Å². The summed E-state index contributed by atoms with van der Waals surface area (Å²) >= 11 is 5.89. The number of carbonyl (C=O) groups is 2. The van der Waals surface area contributed by atoms with Crippen LogP contribution in [-0.4, -0.2) is 18.5 Å². The summed E-state index contributed by atoms with van der Waals surface area (Å²) in [5.74, 6) is -1.53. The first-order valence-corrected chi connectivity index (χ1v) is 6.83. The minimum atomic E-state index is -1.50. The van der Waals surface area contributed by atoms with Crippen molar-refractivity contribution in [1.82, 2.24) is 0 Å². The molecular formula is C14H16ClN3O3. The number of aryl methyl sites for hydroxylation is 1. The molecule has 0 spiro atoms. The second-order valence-corrected chi connectivity index (χ2v) is 5.11. The van der Waals surface area contributed by atoms with Crippen LogP contribution < -0.4 is 0 Å². The van der Waals surface area contributed by atoms with Crippen LogP contribution in [0.4, 0.5) is 0 Å². The number of azide groups is 1. The molecule has 112 valence electrons. The summed E-state index contributed by atoms with van der Waals surface area (Å²) in [6, 6.07) is 7.12. The number of amides is 1. The molecule has 0 bridgehead atoms. The van der Waals surface area contributed by atoms with Crippen LogP contribution in [0.15, 0.2) is 29.4 Å². The van der Waals surface area contributed by atoms with Crippen molar-refractivity contribution < 1.29 is 14.3 Å². The van der Waals surface area contributed by atoms with Gasteiger partial charge in [-0.2, -0.15) is 0 Å². The molecular weight excluding hydrogens is 294 g/mol. The fourth-order valence-corrected chi connectivity index (χ4v) is 2.04. The molecule has 0 heterocycles. The minimum Gasteiger partial charge on any atom is -0.465 e. The number of benzene rings is 1. The van der Waals surface area contributed by atoms with Gasteiger partial charge in [0.1, 0.15) is 5.41 Å². The smallest absolute Gasteiger partial charge is 0.319 e. The highest BCUT2D eigenvalue weighted by molar-refractivity contribution is 6.30. The normalized spacial score (nSPS) is 12.9. The van der Waals surface area contributed by atoms with Gasteiger partial charge in [0, 0.05) is 9.93 Å². The average molecular weight is 310 g/mol. The Labute approximate surface area is 127 Å². The fraction of sp³-hybridized carbons (Fsp3) is 0.429. The van der Waals surface area contributed by atoms with Crippen molar-refractivity contribution in [3.05, 3.63) is 45.3 Å². The fourth-order valence-electron chi connectivity index (χ4n) is 1.82. The quantitative estimate of drug-likeness (QED) is 0.264. The van der Waals surface area contributed by atoms with Gasteiger partial charge in [0.25, 0.3) is 0 Å². The molecule has 0 aromatic heterocycles. The Hall–Kier alpha value is -2.04. The number of nitrogens with zero attached hydrogens (tertiary/aromatic N) is 3. The lowest BCUT2D eigenvalue weighted by Gasteiger charge is -2.23. The van der Waals surface area contributed by atoms with Crippen LogP contribution in [0.25, 0.3) is 10.4 Å². The third-order valence-corrected chi connectivity index (χ3v) is 3.37. The van der Waals surface area contributed by atoms with Crippen molar-refractivity contribution in [2.75, 3.05) is 6.61 Å². The van der Waals surface area contributed by atoms with Gasteiger partial charge >= 0.3 is 5.97 Å². The van der Waals surface area contributed by atoms with E-state index in [1.54, 1.807) is 25.1 Å². The summed E-state index contributed by atoms with van der Waals surface area (Å²) in [6.07, 6.45) is 0.604. The second kappa shape index (κ2) is 7.67. The lowest BCUT2D eigenvalue weighted by Crippen LogP contribution is -2.37. The van der Waals surface area contributed by atoms with Crippen molar-refractivity contribution >= 4 is 23.5 Å². The molecule has 0 N–H and O–H groups in total. The Morgan fingerprint density at radius 1 is 1.48 bits per heavy atom. The predicted molar refractivity (Wildman–Crippen MR) is 78.7 cm³/mol. The highest BCUT2D eigenvalue weighted by Gasteiger charge is 2.41. The van der Waals surface area contributed by atoms with E-state index in [4.69, 9.17) is 21.9 Å². The van der Waals surface area contributed by atoms with E-state index in [1.807, 2.05) is 6.07 Å². The Balaban J connectivity index is 2.94. The molecule has 7 heteroatoms. The maximum absolute atomic E-state index is 12.0. The number of ether oxygens (including phenoxy) is 1. The molecule has 0 aliphatic carbocycles. The van der Waals surface area contributed by atoms with Crippen LogP contribution in [0, 0.1) is 5.41 Å². The molecule has 0 fully saturated rings. The average Bonchev–Trinajstić information content (AvgIpc) is 2.45. The number of hydrogen-bond donors (Lipinski definition) is 0. The summed E-state index contributed by atoms with van der Waals surface area (Å²) in [6.45, 7) is 3.22. The lowest BCUT2D eigenvalue weighted by atomic mass is 9.83. The van der Waals surface area contributed by atoms with Gasteiger partial charge in [-0.15, -0.1) is 0 Å². The zero-order valence-corrected chi connectivity index (χ0v) is 12.6. The molecule has 1 amide bonds. The van der Waals surface area contributed by atoms with Crippen molar-refractivity contribution in [1.29, 1.82) is 0 Å². The molecule has 1 aromatic rings. The summed E-state index contributed by atoms with van der Waals surface area (Å²) in [7, 11) is 0. The number of rotatable bonds is 6. The van der Waals surface area contributed by atoms with Gasteiger partial charge in [-0.1, -0.05) is 23.7 Å². The summed E-state index contributed by atoms with van der Waals surface area (Å²) < 4.78 is 4.92. The highest BCUT2D eigenvalue weighted by atomic mass is 35.5. The number of esters is 1. The minimum absolute atomic E-state index is 0.148. The molecule has 0 aliphatic rings. The SMILES string of the molecule is CCOC(=O)C(C)(CCc1cccc(Cl)c1)C(=O)N=[N+]=[N-]. The summed E-state index contributed by atoms with van der Waals surface area (Å²) in [5, 5.41) is 3.62. The van der Waals surface area contributed by atoms with Gasteiger partial charge in [-0.25, -0.2) is 0 Å². The lowest BCUT2D eigenvalue weighted by molar-refractivity contribution is -0.159. The summed E-state index contributed by atoms with van der Waals surface area (Å²) in [5.41, 5.74) is 7.79. The monoisotopic (exact) mass is 309 g/mol. The van der Waals surface area contributed by atoms with Gasteiger partial charge < -0.3 is 4.74 Å². The molecule has 1 aromatic carbocycles. The maximum atomic E-state index is 12.0. The predicted octanol–water partition coefficient (Wildman–Crippen LogP) is 3.68. The van der Waals surface area contributed by atoms with E-state index in [-0.39, 0.29) is 13.0 Å². The number of hydrogen-bond acceptors (Lipinski definition) is 3. The van der Waals surface area contributed by atoms with E-state index in [9.17, 15) is 9.59 Å². The van der Waals surface area contributed by atoms with E-state index < -0.39 is 17.3 Å². The zero-order chi connectivity index (χ0) is 15.9. The first kappa shape index (κ1) is 17.0. The first-order chi connectivity index (χ1) is 9.93. The first-order valence-electron chi connectivity index (χ1n) is 6.45. The summed E-state index contributed by atoms with van der Waals surface area (Å²) in [4.78, 5) is 26.4. The second-order valence-electron chi connectivity index (χ2n) is 4.68. The third-order valence-electron chi connectivity index (χ3n) is 3.14. The molecule has 1 unspecified atom stereocenters. The molecule has 1 rings (SSSR count). The zero-order valence-electron chi connectivity index (χ0n) is 11.9. The van der Waals surface area contributed by atoms with Gasteiger partial charge in [0.05, 0.1) is 6.61 Å². The molecule has 6 nitrogen and oxygen atoms in total. The van der Waals surface area contributed by atoms with Crippen molar-refractivity contribution in [2.45, 2.75) is 26.7 Å². The van der Waals surface area contributed by atoms with E-state index in [0.29, 0.717) is 11.4 Å². The van der Waals surface area contributed by atoms with Gasteiger partial charge in [0.2, 0.25) is 5.91 Å². The Kier molecular flexibility index (Phi) is 6.21. The molecule has 0 saturated carbocycles. The third kappa shape index (κ3) is 4.48. The van der Waals surface area contributed by atoms with E-state index >= 15 is 0 Å². The number of halogens is 1. The van der Waals surface area contributed by atoms with Gasteiger partial charge in [-0.05, 0) is 55.0 Å². The molecule has 0 radical (unpaired) electrons. The number of carbonyl (C=O) groups excluding carboxylic acids is 2. The Morgan fingerprint density at radius 2 is 2.19 bits per heavy atom. The van der Waals surface area contributed by atoms with Gasteiger partial charge in [-0.3, -0.25) is 9.59 Å². The Bertz CT molecular complexity index is 585. The topological polar surface area (TPSA) is 92.1 Å². The van der Waals surface area contributed by atoms with Crippen molar-refractivity contribution in [2.24, 2.45) is 10.5 Å². The van der Waals surface area contributed by atoms with E-state index in [0.717, 1.165) is 5.56 Å². The van der Waals surface area contributed by atoms with Crippen molar-refractivity contribution in [3.63, 3.8) is 0 Å². The molecule has 0 saturated heterocycles. The Morgan fingerprint density at radius 3 is 2.76 bits per heavy atom. The maximum Gasteiger partial charge on any atom is 0.319 e. The molecule has 0 aliphatic heterocycles. The highest BCUT2D eigenvalue weighted by Crippen LogP contribution is 2.28. The van der Waals surface area contributed by atoms with E-state index in [1.165, 1.54) is 6.92 Å². The van der Waals surface area contributed by atoms with Gasteiger partial charge in [0.15, 0.2) is 0 Å². The standard InChI is InChI=1S/C14H16ClN3O3/c1-3-21-13(20)14(2,12(19)17-18-16)8-7-10-5-4-6-11(15)9-10/h4-6,9H,3,7-8H2,1-2H3. The van der Waals surface area contributed by atoms with Crippen molar-refractivity contribution in [3.8, 4) is 0 Å².